The van der Waals surface area contributed by atoms with Crippen molar-refractivity contribution in [1.82, 2.24) is 4.90 Å². The summed E-state index contributed by atoms with van der Waals surface area (Å²) in [4.78, 5) is 23.3. The van der Waals surface area contributed by atoms with Gasteiger partial charge in [0.25, 0.3) is 0 Å². The van der Waals surface area contributed by atoms with Crippen LogP contribution in [0.5, 0.6) is 0 Å². The molecule has 0 spiro atoms. The van der Waals surface area contributed by atoms with Gasteiger partial charge in [0.05, 0.1) is 5.37 Å². The molecule has 4 nitrogen and oxygen atoms in total. The molecule has 0 radical (unpaired) electrons. The van der Waals surface area contributed by atoms with Gasteiger partial charge in [0.2, 0.25) is 6.41 Å². The van der Waals surface area contributed by atoms with E-state index in [0.29, 0.717) is 6.41 Å². The average Bonchev–Trinajstić information content (AvgIpc) is 2.35. The number of thioether (sulfide) groups is 1. The molecular weight excluding hydrogens is 202 g/mol. The summed E-state index contributed by atoms with van der Waals surface area (Å²) in [7, 11) is 0. The highest BCUT2D eigenvalue weighted by molar-refractivity contribution is 8.01. The summed E-state index contributed by atoms with van der Waals surface area (Å²) >= 11 is 1.55. The summed E-state index contributed by atoms with van der Waals surface area (Å²) in [5, 5.41) is 9.04. The third-order valence-corrected chi connectivity index (χ3v) is 4.11. The third-order valence-electron chi connectivity index (χ3n) is 2.43. The van der Waals surface area contributed by atoms with Gasteiger partial charge in [-0.2, -0.15) is 0 Å². The van der Waals surface area contributed by atoms with Crippen LogP contribution in [0.4, 0.5) is 0 Å². The van der Waals surface area contributed by atoms with Crippen LogP contribution in [0.2, 0.25) is 0 Å². The van der Waals surface area contributed by atoms with Gasteiger partial charge in [0.1, 0.15) is 6.04 Å². The minimum atomic E-state index is -0.925. The molecular formula is C9H15NO3S. The summed E-state index contributed by atoms with van der Waals surface area (Å²) in [6, 6.07) is -0.713. The molecule has 14 heavy (non-hydrogen) atoms. The lowest BCUT2D eigenvalue weighted by Crippen LogP contribution is -2.47. The molecule has 1 fully saturated rings. The van der Waals surface area contributed by atoms with E-state index in [9.17, 15) is 9.59 Å². The Bertz CT molecular complexity index is 254. The van der Waals surface area contributed by atoms with Crippen LogP contribution in [0.25, 0.3) is 0 Å². The lowest BCUT2D eigenvalue weighted by Gasteiger charge is -2.25. The summed E-state index contributed by atoms with van der Waals surface area (Å²) in [6.07, 6.45) is 1.42. The summed E-state index contributed by atoms with van der Waals surface area (Å²) in [5.41, 5.74) is 0. The van der Waals surface area contributed by atoms with Gasteiger partial charge in [-0.05, 0) is 20.3 Å². The van der Waals surface area contributed by atoms with Crippen LogP contribution < -0.4 is 0 Å². The molecule has 0 aromatic rings. The molecule has 0 saturated carbocycles. The van der Waals surface area contributed by atoms with Crippen molar-refractivity contribution in [2.24, 2.45) is 0 Å². The average molecular weight is 217 g/mol. The topological polar surface area (TPSA) is 57.6 Å². The normalized spacial score (nSPS) is 30.4. The second-order valence-electron chi connectivity index (χ2n) is 3.88. The number of amides is 1. The predicted molar refractivity (Wildman–Crippen MR) is 55.1 cm³/mol. The van der Waals surface area contributed by atoms with E-state index >= 15 is 0 Å². The molecule has 2 atom stereocenters. The predicted octanol–water partition coefficient (Wildman–Crippen LogP) is 1.16. The fourth-order valence-corrected chi connectivity index (χ4v) is 3.36. The van der Waals surface area contributed by atoms with Gasteiger partial charge in [0, 0.05) is 4.75 Å². The number of carboxylic acids is 1. The molecule has 1 saturated heterocycles. The summed E-state index contributed by atoms with van der Waals surface area (Å²) in [6.45, 7) is 5.68. The van der Waals surface area contributed by atoms with Crippen LogP contribution >= 0.6 is 11.8 Å². The van der Waals surface area contributed by atoms with E-state index in [1.165, 1.54) is 4.90 Å². The van der Waals surface area contributed by atoms with E-state index in [-0.39, 0.29) is 5.37 Å². The lowest BCUT2D eigenvalue weighted by molar-refractivity contribution is -0.147. The standard InChI is InChI=1S/C9H15NO3S/c1-4-6-10(5-11)7(8(12)13)9(2,3)14-6/h5-7H,4H2,1-3H3,(H,12,13). The first-order valence-corrected chi connectivity index (χ1v) is 5.45. The van der Waals surface area contributed by atoms with Crippen molar-refractivity contribution in [3.8, 4) is 0 Å². The van der Waals surface area contributed by atoms with E-state index in [4.69, 9.17) is 5.11 Å². The number of carbonyl (C=O) groups excluding carboxylic acids is 1. The summed E-state index contributed by atoms with van der Waals surface area (Å²) < 4.78 is -0.409. The number of aliphatic carboxylic acids is 1. The number of carbonyl (C=O) groups is 2. The SMILES string of the molecule is CCC1SC(C)(C)C(C(=O)O)N1C=O. The van der Waals surface area contributed by atoms with Gasteiger partial charge >= 0.3 is 5.97 Å². The highest BCUT2D eigenvalue weighted by Gasteiger charge is 2.50. The molecule has 5 heteroatoms. The molecule has 1 amide bonds. The number of rotatable bonds is 3. The van der Waals surface area contributed by atoms with E-state index in [0.717, 1.165) is 6.42 Å². The molecule has 0 aliphatic carbocycles. The number of hydrogen-bond donors (Lipinski definition) is 1. The zero-order chi connectivity index (χ0) is 10.9. The van der Waals surface area contributed by atoms with Crippen LogP contribution in [0, 0.1) is 0 Å². The Labute approximate surface area is 87.7 Å². The maximum Gasteiger partial charge on any atom is 0.327 e. The first-order valence-electron chi connectivity index (χ1n) is 4.57. The molecule has 1 aliphatic heterocycles. The monoisotopic (exact) mass is 217 g/mol. The van der Waals surface area contributed by atoms with Crippen molar-refractivity contribution >= 4 is 24.1 Å². The molecule has 1 heterocycles. The quantitative estimate of drug-likeness (QED) is 0.721. The number of carboxylic acid groups (broad SMARTS) is 1. The summed E-state index contributed by atoms with van der Waals surface area (Å²) in [5.74, 6) is -0.925. The molecule has 80 valence electrons. The fraction of sp³-hybridized carbons (Fsp3) is 0.778. The Morgan fingerprint density at radius 1 is 1.64 bits per heavy atom. The Morgan fingerprint density at radius 3 is 2.57 bits per heavy atom. The molecule has 0 bridgehead atoms. The highest BCUT2D eigenvalue weighted by atomic mass is 32.2. The van der Waals surface area contributed by atoms with E-state index < -0.39 is 16.8 Å². The Kier molecular flexibility index (Phi) is 3.09. The number of hydrogen-bond acceptors (Lipinski definition) is 3. The van der Waals surface area contributed by atoms with Crippen LogP contribution in [0.3, 0.4) is 0 Å². The van der Waals surface area contributed by atoms with E-state index in [1.54, 1.807) is 11.8 Å². The van der Waals surface area contributed by atoms with Crippen molar-refractivity contribution in [2.75, 3.05) is 0 Å². The second kappa shape index (κ2) is 3.81. The van der Waals surface area contributed by atoms with Crippen LogP contribution in [-0.2, 0) is 9.59 Å². The minimum absolute atomic E-state index is 0.0106. The number of nitrogens with zero attached hydrogens (tertiary/aromatic N) is 1. The van der Waals surface area contributed by atoms with Crippen molar-refractivity contribution in [3.05, 3.63) is 0 Å². The van der Waals surface area contributed by atoms with Gasteiger partial charge in [-0.3, -0.25) is 4.79 Å². The third kappa shape index (κ3) is 1.73. The van der Waals surface area contributed by atoms with Gasteiger partial charge in [0.15, 0.2) is 0 Å². The van der Waals surface area contributed by atoms with Gasteiger partial charge < -0.3 is 10.0 Å². The van der Waals surface area contributed by atoms with Gasteiger partial charge in [-0.15, -0.1) is 11.8 Å². The molecule has 0 aromatic carbocycles. The highest BCUT2D eigenvalue weighted by Crippen LogP contribution is 2.44. The molecule has 1 aliphatic rings. The largest absolute Gasteiger partial charge is 0.480 e. The van der Waals surface area contributed by atoms with Crippen LogP contribution in [0.15, 0.2) is 0 Å². The zero-order valence-electron chi connectivity index (χ0n) is 8.56. The first-order chi connectivity index (χ1) is 6.44. The molecule has 1 rings (SSSR count). The molecule has 0 aromatic heterocycles. The minimum Gasteiger partial charge on any atom is -0.480 e. The first kappa shape index (κ1) is 11.4. The second-order valence-corrected chi connectivity index (χ2v) is 5.71. The maximum absolute atomic E-state index is 11.0. The molecule has 2 unspecified atom stereocenters. The Hall–Kier alpha value is -0.710. The van der Waals surface area contributed by atoms with Crippen molar-refractivity contribution in [3.63, 3.8) is 0 Å². The van der Waals surface area contributed by atoms with Gasteiger partial charge in [-0.25, -0.2) is 4.79 Å². The zero-order valence-corrected chi connectivity index (χ0v) is 9.37. The Balaban J connectivity index is 2.98. The fourth-order valence-electron chi connectivity index (χ4n) is 1.85. The smallest absolute Gasteiger partial charge is 0.327 e. The van der Waals surface area contributed by atoms with Crippen molar-refractivity contribution in [2.45, 2.75) is 43.4 Å². The van der Waals surface area contributed by atoms with E-state index in [1.807, 2.05) is 20.8 Å². The Morgan fingerprint density at radius 2 is 2.21 bits per heavy atom. The maximum atomic E-state index is 11.0. The van der Waals surface area contributed by atoms with Crippen LogP contribution in [0.1, 0.15) is 27.2 Å². The van der Waals surface area contributed by atoms with Crippen molar-refractivity contribution < 1.29 is 14.7 Å². The molecule has 1 N–H and O–H groups in total. The van der Waals surface area contributed by atoms with Gasteiger partial charge in [-0.1, -0.05) is 6.92 Å². The van der Waals surface area contributed by atoms with E-state index in [2.05, 4.69) is 0 Å². The van der Waals surface area contributed by atoms with Crippen molar-refractivity contribution in [1.29, 1.82) is 0 Å². The van der Waals surface area contributed by atoms with Crippen LogP contribution in [-0.4, -0.2) is 38.5 Å². The lowest BCUT2D eigenvalue weighted by atomic mass is 10.0.